The first-order chi connectivity index (χ1) is 27.3. The third kappa shape index (κ3) is 5.20. The molecule has 0 fully saturated rings. The predicted molar refractivity (Wildman–Crippen MR) is 229 cm³/mol. The molecule has 0 saturated carbocycles. The van der Waals surface area contributed by atoms with Gasteiger partial charge in [0, 0.05) is 38.3 Å². The number of benzene rings is 9. The van der Waals surface area contributed by atoms with Crippen molar-refractivity contribution in [3.05, 3.63) is 200 Å². The Morgan fingerprint density at radius 1 is 0.309 bits per heavy atom. The molecule has 3 heteroatoms. The Kier molecular flexibility index (Phi) is 7.17. The van der Waals surface area contributed by atoms with E-state index in [1.54, 1.807) is 0 Å². The Hall–Kier alpha value is -7.36. The molecule has 0 aliphatic carbocycles. The first-order valence-electron chi connectivity index (χ1n) is 18.7. The predicted octanol–water partition coefficient (Wildman–Crippen LogP) is 15.1. The van der Waals surface area contributed by atoms with E-state index < -0.39 is 0 Å². The van der Waals surface area contributed by atoms with Gasteiger partial charge in [-0.15, -0.1) is 0 Å². The average Bonchev–Trinajstić information content (AvgIpc) is 3.84. The normalized spacial score (nSPS) is 11.6. The quantitative estimate of drug-likeness (QED) is 0.173. The molecule has 258 valence electrons. The molecule has 0 bridgehead atoms. The lowest BCUT2D eigenvalue weighted by Crippen LogP contribution is -2.10. The Bertz CT molecular complexity index is 3170. The summed E-state index contributed by atoms with van der Waals surface area (Å²) in [6.07, 6.45) is 0. The van der Waals surface area contributed by atoms with Gasteiger partial charge in [-0.2, -0.15) is 0 Å². The third-order valence-corrected chi connectivity index (χ3v) is 10.9. The van der Waals surface area contributed by atoms with E-state index in [0.717, 1.165) is 88.4 Å². The monoisotopic (exact) mass is 703 g/mol. The number of rotatable bonds is 6. The van der Waals surface area contributed by atoms with E-state index in [-0.39, 0.29) is 0 Å². The largest absolute Gasteiger partial charge is 0.456 e. The maximum Gasteiger partial charge on any atom is 0.159 e. The second kappa shape index (κ2) is 12.6. The molecule has 0 amide bonds. The van der Waals surface area contributed by atoms with Crippen LogP contribution in [-0.2, 0) is 0 Å². The Balaban J connectivity index is 1.04. The molecule has 3 nitrogen and oxygen atoms in total. The molecule has 11 aromatic rings. The molecule has 55 heavy (non-hydrogen) atoms. The summed E-state index contributed by atoms with van der Waals surface area (Å²) in [5, 5.41) is 6.73. The summed E-state index contributed by atoms with van der Waals surface area (Å²) in [5.74, 6) is 0. The highest BCUT2D eigenvalue weighted by Gasteiger charge is 2.21. The minimum atomic E-state index is 0.855. The molecule has 2 heterocycles. The maximum atomic E-state index is 6.88. The summed E-state index contributed by atoms with van der Waals surface area (Å²) in [6.45, 7) is 0. The van der Waals surface area contributed by atoms with Crippen LogP contribution in [0.1, 0.15) is 0 Å². The van der Waals surface area contributed by atoms with Gasteiger partial charge in [-0.1, -0.05) is 152 Å². The number of anilines is 3. The number of hydrogen-bond acceptors (Lipinski definition) is 3. The number of hydrogen-bond donors (Lipinski definition) is 0. The van der Waals surface area contributed by atoms with Crippen molar-refractivity contribution in [1.29, 1.82) is 0 Å². The Morgan fingerprint density at radius 2 is 0.855 bits per heavy atom. The van der Waals surface area contributed by atoms with Gasteiger partial charge in [0.1, 0.15) is 16.7 Å². The first-order valence-corrected chi connectivity index (χ1v) is 18.7. The summed E-state index contributed by atoms with van der Waals surface area (Å²) in [7, 11) is 0. The highest BCUT2D eigenvalue weighted by molar-refractivity contribution is 6.17. The van der Waals surface area contributed by atoms with Crippen molar-refractivity contribution in [3.8, 4) is 33.4 Å². The molecule has 0 unspecified atom stereocenters. The van der Waals surface area contributed by atoms with Crippen molar-refractivity contribution in [1.82, 2.24) is 0 Å². The number of nitrogens with zero attached hydrogens (tertiary/aromatic N) is 1. The summed E-state index contributed by atoms with van der Waals surface area (Å²) in [4.78, 5) is 2.31. The van der Waals surface area contributed by atoms with Crippen LogP contribution in [0.2, 0.25) is 0 Å². The van der Waals surface area contributed by atoms with Crippen LogP contribution in [0.5, 0.6) is 0 Å². The topological polar surface area (TPSA) is 29.5 Å². The van der Waals surface area contributed by atoms with Gasteiger partial charge in [-0.05, 0) is 87.3 Å². The molecule has 0 saturated heterocycles. The molecule has 0 aliphatic heterocycles. The van der Waals surface area contributed by atoms with Gasteiger partial charge in [-0.3, -0.25) is 0 Å². The van der Waals surface area contributed by atoms with E-state index in [1.165, 1.54) is 16.7 Å². The van der Waals surface area contributed by atoms with E-state index in [9.17, 15) is 0 Å². The van der Waals surface area contributed by atoms with Crippen LogP contribution in [-0.4, -0.2) is 0 Å². The van der Waals surface area contributed by atoms with Crippen LogP contribution < -0.4 is 4.90 Å². The van der Waals surface area contributed by atoms with Crippen molar-refractivity contribution >= 4 is 71.7 Å². The van der Waals surface area contributed by atoms with Gasteiger partial charge in [0.25, 0.3) is 0 Å². The molecule has 9 aromatic carbocycles. The van der Waals surface area contributed by atoms with Gasteiger partial charge in [0.2, 0.25) is 0 Å². The fourth-order valence-corrected chi connectivity index (χ4v) is 8.21. The van der Waals surface area contributed by atoms with Crippen LogP contribution in [0.4, 0.5) is 17.1 Å². The van der Waals surface area contributed by atoms with Crippen LogP contribution in [0, 0.1) is 0 Å². The van der Waals surface area contributed by atoms with Crippen LogP contribution in [0.25, 0.3) is 88.0 Å². The summed E-state index contributed by atoms with van der Waals surface area (Å²) in [6, 6.07) is 70.9. The zero-order valence-corrected chi connectivity index (χ0v) is 29.8. The minimum Gasteiger partial charge on any atom is -0.456 e. The summed E-state index contributed by atoms with van der Waals surface area (Å²) in [5.41, 5.74) is 13.6. The van der Waals surface area contributed by atoms with Crippen molar-refractivity contribution in [2.24, 2.45) is 0 Å². The van der Waals surface area contributed by atoms with E-state index in [1.807, 2.05) is 18.2 Å². The molecule has 11 rings (SSSR count). The van der Waals surface area contributed by atoms with Gasteiger partial charge in [0.15, 0.2) is 5.58 Å². The number of fused-ring (bicyclic) bond motifs is 8. The molecule has 0 spiro atoms. The fraction of sp³-hybridized carbons (Fsp3) is 0. The van der Waals surface area contributed by atoms with Crippen molar-refractivity contribution in [3.63, 3.8) is 0 Å². The molecular formula is C52H33NO2. The first kappa shape index (κ1) is 31.2. The smallest absolute Gasteiger partial charge is 0.159 e. The van der Waals surface area contributed by atoms with Gasteiger partial charge >= 0.3 is 0 Å². The van der Waals surface area contributed by atoms with Gasteiger partial charge in [0.05, 0.1) is 5.69 Å². The summed E-state index contributed by atoms with van der Waals surface area (Å²) >= 11 is 0. The maximum absolute atomic E-state index is 6.88. The van der Waals surface area contributed by atoms with E-state index in [2.05, 4.69) is 187 Å². The van der Waals surface area contributed by atoms with Gasteiger partial charge < -0.3 is 13.7 Å². The number of para-hydroxylation sites is 2. The molecule has 0 atom stereocenters. The highest BCUT2D eigenvalue weighted by atomic mass is 16.3. The lowest BCUT2D eigenvalue weighted by Gasteiger charge is -2.26. The lowest BCUT2D eigenvalue weighted by molar-refractivity contribution is 0.669. The van der Waals surface area contributed by atoms with Crippen LogP contribution >= 0.6 is 0 Å². The molecular weight excluding hydrogens is 671 g/mol. The van der Waals surface area contributed by atoms with E-state index in [0.29, 0.717) is 0 Å². The second-order valence-corrected chi connectivity index (χ2v) is 14.1. The molecule has 2 aromatic heterocycles. The zero-order valence-electron chi connectivity index (χ0n) is 29.8. The lowest BCUT2D eigenvalue weighted by atomic mass is 9.98. The standard InChI is InChI=1S/C52H33NO2/c1-2-10-34(11-3-1)35-20-22-36(23-21-35)37-24-29-40(30-25-37)53(47-17-8-16-44-45-33-28-38-12-4-5-13-43(38)51(45)55-52(44)47)41-31-26-39(27-32-41)42-15-9-19-49-50(42)46-14-6-7-18-48(46)54-49/h1-33H. The van der Waals surface area contributed by atoms with E-state index in [4.69, 9.17) is 8.83 Å². The summed E-state index contributed by atoms with van der Waals surface area (Å²) < 4.78 is 13.1. The molecule has 0 aliphatic rings. The molecule has 0 N–H and O–H groups in total. The minimum absolute atomic E-state index is 0.855. The van der Waals surface area contributed by atoms with Crippen molar-refractivity contribution in [2.75, 3.05) is 4.90 Å². The fourth-order valence-electron chi connectivity index (χ4n) is 8.21. The van der Waals surface area contributed by atoms with Crippen LogP contribution in [0.15, 0.2) is 209 Å². The van der Waals surface area contributed by atoms with E-state index >= 15 is 0 Å². The van der Waals surface area contributed by atoms with Gasteiger partial charge in [-0.25, -0.2) is 0 Å². The second-order valence-electron chi connectivity index (χ2n) is 14.1. The Morgan fingerprint density at radius 3 is 1.60 bits per heavy atom. The molecule has 0 radical (unpaired) electrons. The average molecular weight is 704 g/mol. The number of furan rings is 2. The SMILES string of the molecule is c1ccc(-c2ccc(-c3ccc(N(c4ccc(-c5cccc6oc7ccccc7c56)cc4)c4cccc5c4oc4c6ccccc6ccc54)cc3)cc2)cc1. The van der Waals surface area contributed by atoms with Crippen molar-refractivity contribution in [2.45, 2.75) is 0 Å². The van der Waals surface area contributed by atoms with Crippen LogP contribution in [0.3, 0.4) is 0 Å². The highest BCUT2D eigenvalue weighted by Crippen LogP contribution is 2.45. The third-order valence-electron chi connectivity index (χ3n) is 10.9. The zero-order chi connectivity index (χ0) is 36.3. The van der Waals surface area contributed by atoms with Crippen molar-refractivity contribution < 1.29 is 8.83 Å². The Labute approximate surface area is 317 Å².